The molecule has 0 radical (unpaired) electrons. The maximum absolute atomic E-state index is 6.06. The van der Waals surface area contributed by atoms with Crippen LogP contribution in [0.3, 0.4) is 0 Å². The standard InChI is InChI=1S/C16H21N3/c1-2-3-10-19(12-4-5-12)16-7-6-15(17)14-11-18-9-8-13(14)16/h6-9,11-12H,2-5,10,17H2,1H3. The summed E-state index contributed by atoms with van der Waals surface area (Å²) in [7, 11) is 0. The first-order chi connectivity index (χ1) is 9.31. The van der Waals surface area contributed by atoms with Gasteiger partial charge in [0.2, 0.25) is 0 Å². The number of rotatable bonds is 5. The van der Waals surface area contributed by atoms with Gasteiger partial charge >= 0.3 is 0 Å². The summed E-state index contributed by atoms with van der Waals surface area (Å²) < 4.78 is 0. The highest BCUT2D eigenvalue weighted by atomic mass is 15.2. The third-order valence-corrected chi connectivity index (χ3v) is 3.88. The highest BCUT2D eigenvalue weighted by molar-refractivity contribution is 6.01. The van der Waals surface area contributed by atoms with Crippen LogP contribution < -0.4 is 10.6 Å². The van der Waals surface area contributed by atoms with Gasteiger partial charge in [-0.1, -0.05) is 13.3 Å². The van der Waals surface area contributed by atoms with Gasteiger partial charge in [-0.15, -0.1) is 0 Å². The molecule has 1 fully saturated rings. The molecular weight excluding hydrogens is 234 g/mol. The number of aromatic nitrogens is 1. The zero-order chi connectivity index (χ0) is 13.2. The molecule has 0 saturated heterocycles. The minimum Gasteiger partial charge on any atom is -0.398 e. The van der Waals surface area contributed by atoms with Crippen molar-refractivity contribution in [3.05, 3.63) is 30.6 Å². The quantitative estimate of drug-likeness (QED) is 0.830. The van der Waals surface area contributed by atoms with Crippen molar-refractivity contribution in [3.8, 4) is 0 Å². The van der Waals surface area contributed by atoms with E-state index in [2.05, 4.69) is 28.9 Å². The van der Waals surface area contributed by atoms with Crippen molar-refractivity contribution in [2.45, 2.75) is 38.6 Å². The normalized spacial score (nSPS) is 14.8. The summed E-state index contributed by atoms with van der Waals surface area (Å²) in [4.78, 5) is 6.76. The van der Waals surface area contributed by atoms with E-state index >= 15 is 0 Å². The Morgan fingerprint density at radius 3 is 2.84 bits per heavy atom. The monoisotopic (exact) mass is 255 g/mol. The van der Waals surface area contributed by atoms with Crippen molar-refractivity contribution < 1.29 is 0 Å². The Morgan fingerprint density at radius 2 is 2.11 bits per heavy atom. The molecular formula is C16H21N3. The van der Waals surface area contributed by atoms with Gasteiger partial charge < -0.3 is 10.6 Å². The number of hydrogen-bond acceptors (Lipinski definition) is 3. The lowest BCUT2D eigenvalue weighted by Gasteiger charge is -2.26. The molecule has 100 valence electrons. The van der Waals surface area contributed by atoms with Crippen molar-refractivity contribution in [1.29, 1.82) is 0 Å². The van der Waals surface area contributed by atoms with E-state index in [1.54, 1.807) is 0 Å². The number of nitrogens with zero attached hydrogens (tertiary/aromatic N) is 2. The smallest absolute Gasteiger partial charge is 0.0451 e. The van der Waals surface area contributed by atoms with Crippen LogP contribution in [0.1, 0.15) is 32.6 Å². The van der Waals surface area contributed by atoms with Crippen LogP contribution in [0.5, 0.6) is 0 Å². The van der Waals surface area contributed by atoms with Crippen LogP contribution >= 0.6 is 0 Å². The van der Waals surface area contributed by atoms with Crippen LogP contribution in [0.15, 0.2) is 30.6 Å². The summed E-state index contributed by atoms with van der Waals surface area (Å²) in [5.41, 5.74) is 8.20. The zero-order valence-electron chi connectivity index (χ0n) is 11.5. The van der Waals surface area contributed by atoms with Gasteiger partial charge in [0.05, 0.1) is 0 Å². The van der Waals surface area contributed by atoms with Crippen molar-refractivity contribution in [3.63, 3.8) is 0 Å². The van der Waals surface area contributed by atoms with Crippen LogP contribution in [0.4, 0.5) is 11.4 Å². The van der Waals surface area contributed by atoms with Gasteiger partial charge in [-0.2, -0.15) is 0 Å². The number of benzene rings is 1. The molecule has 0 spiro atoms. The van der Waals surface area contributed by atoms with Gasteiger partial charge in [0.25, 0.3) is 0 Å². The average molecular weight is 255 g/mol. The molecule has 2 aromatic rings. The topological polar surface area (TPSA) is 42.1 Å². The molecule has 0 aliphatic heterocycles. The minimum absolute atomic E-state index is 0.728. The van der Waals surface area contributed by atoms with Gasteiger partial charge in [-0.3, -0.25) is 4.98 Å². The fraction of sp³-hybridized carbons (Fsp3) is 0.438. The maximum Gasteiger partial charge on any atom is 0.0451 e. The average Bonchev–Trinajstić information content (AvgIpc) is 3.26. The molecule has 1 aromatic carbocycles. The third kappa shape index (κ3) is 2.37. The van der Waals surface area contributed by atoms with Crippen LogP contribution in [0.2, 0.25) is 0 Å². The predicted octanol–water partition coefficient (Wildman–Crippen LogP) is 3.59. The van der Waals surface area contributed by atoms with E-state index in [1.807, 2.05) is 18.5 Å². The van der Waals surface area contributed by atoms with Gasteiger partial charge in [-0.25, -0.2) is 0 Å². The van der Waals surface area contributed by atoms with E-state index in [0.717, 1.165) is 23.7 Å². The number of hydrogen-bond donors (Lipinski definition) is 1. The largest absolute Gasteiger partial charge is 0.398 e. The Labute approximate surface area is 114 Å². The van der Waals surface area contributed by atoms with Crippen LogP contribution in [-0.2, 0) is 0 Å². The van der Waals surface area contributed by atoms with E-state index in [4.69, 9.17) is 5.73 Å². The second kappa shape index (κ2) is 5.08. The molecule has 19 heavy (non-hydrogen) atoms. The summed E-state index contributed by atoms with van der Waals surface area (Å²) in [6, 6.07) is 7.00. The fourth-order valence-corrected chi connectivity index (χ4v) is 2.66. The van der Waals surface area contributed by atoms with Crippen molar-refractivity contribution in [2.75, 3.05) is 17.2 Å². The van der Waals surface area contributed by atoms with Crippen LogP contribution in [0.25, 0.3) is 10.8 Å². The van der Waals surface area contributed by atoms with E-state index in [1.165, 1.54) is 36.8 Å². The zero-order valence-corrected chi connectivity index (χ0v) is 11.5. The molecule has 1 saturated carbocycles. The first-order valence-electron chi connectivity index (χ1n) is 7.20. The third-order valence-electron chi connectivity index (χ3n) is 3.88. The van der Waals surface area contributed by atoms with E-state index in [0.29, 0.717) is 0 Å². The summed E-state index contributed by atoms with van der Waals surface area (Å²) in [6.45, 7) is 3.39. The Kier molecular flexibility index (Phi) is 3.28. The molecule has 1 aromatic heterocycles. The second-order valence-corrected chi connectivity index (χ2v) is 5.37. The molecule has 3 rings (SSSR count). The summed E-state index contributed by atoms with van der Waals surface area (Å²) >= 11 is 0. The van der Waals surface area contributed by atoms with Gasteiger partial charge in [0, 0.05) is 47.1 Å². The number of anilines is 2. The van der Waals surface area contributed by atoms with Crippen molar-refractivity contribution in [2.24, 2.45) is 0 Å². The molecule has 0 bridgehead atoms. The molecule has 0 atom stereocenters. The summed E-state index contributed by atoms with van der Waals surface area (Å²) in [5, 5.41) is 2.31. The number of unbranched alkanes of at least 4 members (excludes halogenated alkanes) is 1. The molecule has 3 heteroatoms. The molecule has 1 aliphatic carbocycles. The van der Waals surface area contributed by atoms with E-state index in [9.17, 15) is 0 Å². The number of fused-ring (bicyclic) bond motifs is 1. The van der Waals surface area contributed by atoms with Gasteiger partial charge in [0.1, 0.15) is 0 Å². The lowest BCUT2D eigenvalue weighted by molar-refractivity contribution is 0.715. The lowest BCUT2D eigenvalue weighted by atomic mass is 10.1. The molecule has 0 amide bonds. The van der Waals surface area contributed by atoms with E-state index < -0.39 is 0 Å². The highest BCUT2D eigenvalue weighted by Gasteiger charge is 2.29. The number of nitrogens with two attached hydrogens (primary N) is 1. The van der Waals surface area contributed by atoms with Crippen LogP contribution in [0, 0.1) is 0 Å². The molecule has 2 N–H and O–H groups in total. The first kappa shape index (κ1) is 12.3. The number of nitrogen functional groups attached to an aromatic ring is 1. The first-order valence-corrected chi connectivity index (χ1v) is 7.20. The fourth-order valence-electron chi connectivity index (χ4n) is 2.66. The molecule has 1 heterocycles. The lowest BCUT2D eigenvalue weighted by Crippen LogP contribution is -2.27. The molecule has 3 nitrogen and oxygen atoms in total. The Balaban J connectivity index is 2.05. The van der Waals surface area contributed by atoms with Crippen LogP contribution in [-0.4, -0.2) is 17.6 Å². The molecule has 0 unspecified atom stereocenters. The second-order valence-electron chi connectivity index (χ2n) is 5.37. The summed E-state index contributed by atoms with van der Waals surface area (Å²) in [6.07, 6.45) is 8.85. The SMILES string of the molecule is CCCCN(c1ccc(N)c2cnccc12)C1CC1. The molecule has 1 aliphatic rings. The van der Waals surface area contributed by atoms with Crippen molar-refractivity contribution >= 4 is 22.1 Å². The van der Waals surface area contributed by atoms with Crippen molar-refractivity contribution in [1.82, 2.24) is 4.98 Å². The van der Waals surface area contributed by atoms with Gasteiger partial charge in [-0.05, 0) is 37.5 Å². The van der Waals surface area contributed by atoms with Gasteiger partial charge in [0.15, 0.2) is 0 Å². The summed E-state index contributed by atoms with van der Waals surface area (Å²) in [5.74, 6) is 0. The number of pyridine rings is 1. The Morgan fingerprint density at radius 1 is 1.26 bits per heavy atom. The van der Waals surface area contributed by atoms with E-state index in [-0.39, 0.29) is 0 Å². The Hall–Kier alpha value is -1.77. The Bertz CT molecular complexity index is 575. The maximum atomic E-state index is 6.06. The highest BCUT2D eigenvalue weighted by Crippen LogP contribution is 2.37. The minimum atomic E-state index is 0.728. The predicted molar refractivity (Wildman–Crippen MR) is 81.4 cm³/mol.